The number of aromatic nitrogens is 2. The fraction of sp³-hybridized carbons (Fsp3) is 0.462. The number of nitrogens with one attached hydrogen (secondary N) is 1. The Balaban J connectivity index is 1.97. The second-order valence-electron chi connectivity index (χ2n) is 4.92. The molecule has 0 radical (unpaired) electrons. The van der Waals surface area contributed by atoms with E-state index in [1.165, 1.54) is 0 Å². The van der Waals surface area contributed by atoms with E-state index in [-0.39, 0.29) is 6.04 Å². The van der Waals surface area contributed by atoms with Crippen molar-refractivity contribution in [2.45, 2.75) is 25.5 Å². The van der Waals surface area contributed by atoms with Crippen molar-refractivity contribution in [3.05, 3.63) is 39.3 Å². The van der Waals surface area contributed by atoms with E-state index in [0.717, 1.165) is 14.8 Å². The van der Waals surface area contributed by atoms with Crippen LogP contribution >= 0.6 is 22.9 Å². The van der Waals surface area contributed by atoms with E-state index in [0.29, 0.717) is 6.54 Å². The number of aliphatic hydroxyl groups is 1. The van der Waals surface area contributed by atoms with Crippen LogP contribution < -0.4 is 5.32 Å². The summed E-state index contributed by atoms with van der Waals surface area (Å²) < 4.78 is 2.47. The van der Waals surface area contributed by atoms with Gasteiger partial charge in [0.05, 0.1) is 10.5 Å². The highest BCUT2D eigenvalue weighted by Gasteiger charge is 2.25. The Labute approximate surface area is 122 Å². The molecular formula is C13H18ClN3OS. The average Bonchev–Trinajstić information content (AvgIpc) is 2.95. The molecule has 2 atom stereocenters. The second-order valence-corrected chi connectivity index (χ2v) is 6.67. The zero-order valence-electron chi connectivity index (χ0n) is 11.2. The quantitative estimate of drug-likeness (QED) is 0.892. The van der Waals surface area contributed by atoms with Gasteiger partial charge >= 0.3 is 0 Å². The lowest BCUT2D eigenvalue weighted by atomic mass is 9.99. The van der Waals surface area contributed by atoms with E-state index in [2.05, 4.69) is 17.3 Å². The summed E-state index contributed by atoms with van der Waals surface area (Å²) in [4.78, 5) is 1.16. The molecule has 2 rings (SSSR count). The zero-order valence-corrected chi connectivity index (χ0v) is 12.8. The molecule has 2 aromatic rings. The summed E-state index contributed by atoms with van der Waals surface area (Å²) in [6.07, 6.45) is 3.52. The van der Waals surface area contributed by atoms with Gasteiger partial charge in [0.2, 0.25) is 0 Å². The van der Waals surface area contributed by atoms with Gasteiger partial charge in [-0.25, -0.2) is 0 Å². The topological polar surface area (TPSA) is 50.1 Å². The van der Waals surface area contributed by atoms with Crippen molar-refractivity contribution in [3.8, 4) is 0 Å². The van der Waals surface area contributed by atoms with Crippen LogP contribution in [0.15, 0.2) is 24.5 Å². The van der Waals surface area contributed by atoms with Gasteiger partial charge in [-0.05, 0) is 26.0 Å². The molecule has 0 saturated carbocycles. The van der Waals surface area contributed by atoms with Crippen molar-refractivity contribution in [1.29, 1.82) is 0 Å². The summed E-state index contributed by atoms with van der Waals surface area (Å²) in [6.45, 7) is 4.29. The first-order valence-electron chi connectivity index (χ1n) is 6.08. The SMILES string of the molecule is CC(NCC(C)(O)c1cnn(C)c1)c1ccc(Cl)s1. The zero-order chi connectivity index (χ0) is 14.0. The lowest BCUT2D eigenvalue weighted by molar-refractivity contribution is 0.0544. The summed E-state index contributed by atoms with van der Waals surface area (Å²) >= 11 is 7.47. The third-order valence-electron chi connectivity index (χ3n) is 3.10. The smallest absolute Gasteiger partial charge is 0.102 e. The summed E-state index contributed by atoms with van der Waals surface area (Å²) in [6, 6.07) is 4.04. The fourth-order valence-corrected chi connectivity index (χ4v) is 2.90. The number of hydrogen-bond acceptors (Lipinski definition) is 4. The molecule has 0 aromatic carbocycles. The molecule has 0 amide bonds. The third kappa shape index (κ3) is 3.57. The lowest BCUT2D eigenvalue weighted by Gasteiger charge is -2.24. The van der Waals surface area contributed by atoms with Gasteiger partial charge in [0.1, 0.15) is 5.60 Å². The molecule has 4 nitrogen and oxygen atoms in total. The molecule has 0 bridgehead atoms. The van der Waals surface area contributed by atoms with Crippen LogP contribution in [-0.2, 0) is 12.6 Å². The van der Waals surface area contributed by atoms with Crippen molar-refractivity contribution < 1.29 is 5.11 Å². The van der Waals surface area contributed by atoms with Gasteiger partial charge in [0, 0.05) is 36.3 Å². The number of rotatable bonds is 5. The summed E-state index contributed by atoms with van der Waals surface area (Å²) in [5.74, 6) is 0. The van der Waals surface area contributed by atoms with E-state index < -0.39 is 5.60 Å². The van der Waals surface area contributed by atoms with E-state index in [4.69, 9.17) is 11.6 Å². The Hall–Kier alpha value is -0.880. The van der Waals surface area contributed by atoms with Crippen LogP contribution in [0.1, 0.15) is 30.3 Å². The fourth-order valence-electron chi connectivity index (χ4n) is 1.81. The van der Waals surface area contributed by atoms with Gasteiger partial charge in [-0.2, -0.15) is 5.10 Å². The van der Waals surface area contributed by atoms with Crippen molar-refractivity contribution in [1.82, 2.24) is 15.1 Å². The molecule has 104 valence electrons. The predicted octanol–water partition coefficient (Wildman–Crippen LogP) is 2.69. The Morgan fingerprint density at radius 2 is 2.32 bits per heavy atom. The molecule has 6 heteroatoms. The molecule has 2 unspecified atom stereocenters. The summed E-state index contributed by atoms with van der Waals surface area (Å²) in [7, 11) is 1.84. The maximum atomic E-state index is 10.5. The van der Waals surface area contributed by atoms with Gasteiger partial charge in [0.25, 0.3) is 0 Å². The largest absolute Gasteiger partial charge is 0.384 e. The maximum Gasteiger partial charge on any atom is 0.102 e. The van der Waals surface area contributed by atoms with Crippen LogP contribution in [0.5, 0.6) is 0 Å². The minimum Gasteiger partial charge on any atom is -0.384 e. The normalized spacial score (nSPS) is 16.3. The first-order chi connectivity index (χ1) is 8.88. The molecule has 0 spiro atoms. The Morgan fingerprint density at radius 1 is 1.58 bits per heavy atom. The van der Waals surface area contributed by atoms with Crippen LogP contribution in [0.3, 0.4) is 0 Å². The first kappa shape index (κ1) is 14.5. The minimum atomic E-state index is -0.941. The number of thiophene rings is 1. The molecule has 2 N–H and O–H groups in total. The average molecular weight is 300 g/mol. The van der Waals surface area contributed by atoms with E-state index in [1.54, 1.807) is 29.1 Å². The van der Waals surface area contributed by atoms with Gasteiger partial charge < -0.3 is 10.4 Å². The molecule has 19 heavy (non-hydrogen) atoms. The van der Waals surface area contributed by atoms with Gasteiger partial charge in [-0.15, -0.1) is 11.3 Å². The molecule has 0 aliphatic rings. The highest BCUT2D eigenvalue weighted by Crippen LogP contribution is 2.27. The highest BCUT2D eigenvalue weighted by atomic mass is 35.5. The number of halogens is 1. The van der Waals surface area contributed by atoms with Crippen molar-refractivity contribution in [2.75, 3.05) is 6.54 Å². The van der Waals surface area contributed by atoms with E-state index >= 15 is 0 Å². The predicted molar refractivity (Wildman–Crippen MR) is 78.5 cm³/mol. The second kappa shape index (κ2) is 5.63. The van der Waals surface area contributed by atoms with Crippen LogP contribution in [0.25, 0.3) is 0 Å². The first-order valence-corrected chi connectivity index (χ1v) is 7.28. The van der Waals surface area contributed by atoms with Gasteiger partial charge in [0.15, 0.2) is 0 Å². The summed E-state index contributed by atoms with van der Waals surface area (Å²) in [5.41, 5.74) is -0.136. The molecule has 0 aliphatic heterocycles. The van der Waals surface area contributed by atoms with Gasteiger partial charge in [-0.3, -0.25) is 4.68 Å². The van der Waals surface area contributed by atoms with Crippen molar-refractivity contribution in [3.63, 3.8) is 0 Å². The molecule has 0 aliphatic carbocycles. The lowest BCUT2D eigenvalue weighted by Crippen LogP contribution is -2.36. The molecule has 2 heterocycles. The van der Waals surface area contributed by atoms with Crippen molar-refractivity contribution >= 4 is 22.9 Å². The van der Waals surface area contributed by atoms with Crippen LogP contribution in [0, 0.1) is 0 Å². The monoisotopic (exact) mass is 299 g/mol. The Kier molecular flexibility index (Phi) is 4.30. The standard InChI is InChI=1S/C13H18ClN3OS/c1-9(11-4-5-12(14)19-11)15-8-13(2,18)10-6-16-17(3)7-10/h4-7,9,15,18H,8H2,1-3H3. The van der Waals surface area contributed by atoms with Crippen LogP contribution in [-0.4, -0.2) is 21.4 Å². The Bertz CT molecular complexity index is 550. The van der Waals surface area contributed by atoms with E-state index in [1.807, 2.05) is 25.4 Å². The minimum absolute atomic E-state index is 0.153. The van der Waals surface area contributed by atoms with E-state index in [9.17, 15) is 5.11 Å². The molecular weight excluding hydrogens is 282 g/mol. The number of nitrogens with zero attached hydrogens (tertiary/aromatic N) is 2. The van der Waals surface area contributed by atoms with Crippen LogP contribution in [0.4, 0.5) is 0 Å². The maximum absolute atomic E-state index is 10.5. The molecule has 0 saturated heterocycles. The molecule has 0 fully saturated rings. The number of hydrogen-bond donors (Lipinski definition) is 2. The van der Waals surface area contributed by atoms with Gasteiger partial charge in [-0.1, -0.05) is 11.6 Å². The van der Waals surface area contributed by atoms with Crippen LogP contribution in [0.2, 0.25) is 4.34 Å². The molecule has 2 aromatic heterocycles. The van der Waals surface area contributed by atoms with Crippen molar-refractivity contribution in [2.24, 2.45) is 7.05 Å². The number of aryl methyl sites for hydroxylation is 1. The Morgan fingerprint density at radius 3 is 2.84 bits per heavy atom. The third-order valence-corrected chi connectivity index (χ3v) is 4.51. The summed E-state index contributed by atoms with van der Waals surface area (Å²) in [5, 5.41) is 17.9. The highest BCUT2D eigenvalue weighted by molar-refractivity contribution is 7.16.